The largest absolute Gasteiger partial charge is 0.481 e. The summed E-state index contributed by atoms with van der Waals surface area (Å²) in [6.45, 7) is 1.83. The van der Waals surface area contributed by atoms with Gasteiger partial charge in [0.1, 0.15) is 4.88 Å². The molecule has 17 heavy (non-hydrogen) atoms. The number of thiazole rings is 1. The fraction of sp³-hybridized carbons (Fsp3) is 0.364. The second-order valence-electron chi connectivity index (χ2n) is 3.89. The smallest absolute Gasteiger partial charge is 0.310 e. The van der Waals surface area contributed by atoms with Gasteiger partial charge in [0.25, 0.3) is 5.91 Å². The predicted molar refractivity (Wildman–Crippen MR) is 63.0 cm³/mol. The van der Waals surface area contributed by atoms with Crippen LogP contribution < -0.4 is 5.32 Å². The maximum Gasteiger partial charge on any atom is 0.310 e. The first-order chi connectivity index (χ1) is 8.06. The zero-order valence-corrected chi connectivity index (χ0v) is 10.0. The zero-order chi connectivity index (χ0) is 12.4. The first-order valence-corrected chi connectivity index (χ1v) is 6.02. The third-order valence-electron chi connectivity index (χ3n) is 2.56. The molecule has 2 atom stereocenters. The lowest BCUT2D eigenvalue weighted by Crippen LogP contribution is -2.32. The number of carboxylic acid groups (broad SMARTS) is 1. The lowest BCUT2D eigenvalue weighted by molar-refractivity contribution is -0.140. The molecule has 0 bridgehead atoms. The normalized spacial score (nSPS) is 22.6. The molecule has 0 saturated carbocycles. The van der Waals surface area contributed by atoms with E-state index in [-0.39, 0.29) is 11.9 Å². The summed E-state index contributed by atoms with van der Waals surface area (Å²) >= 11 is 1.32. The van der Waals surface area contributed by atoms with Crippen molar-refractivity contribution < 1.29 is 14.7 Å². The highest BCUT2D eigenvalue weighted by molar-refractivity contribution is 7.13. The molecule has 1 aliphatic rings. The number of carbonyl (C=O) groups is 2. The summed E-state index contributed by atoms with van der Waals surface area (Å²) in [5.74, 6) is -1.55. The van der Waals surface area contributed by atoms with Crippen molar-refractivity contribution in [1.29, 1.82) is 0 Å². The molecule has 1 aromatic heterocycles. The average molecular weight is 252 g/mol. The third kappa shape index (κ3) is 2.71. The third-order valence-corrected chi connectivity index (χ3v) is 3.47. The van der Waals surface area contributed by atoms with E-state index in [4.69, 9.17) is 5.11 Å². The standard InChI is InChI=1S/C11H12N2O3S/c1-6-12-5-9(17-6)10(14)13-8-3-2-7(4-8)11(15)16/h2-3,5,7-8H,4H2,1H3,(H,13,14)(H,15,16). The minimum absolute atomic E-state index is 0.198. The highest BCUT2D eigenvalue weighted by Crippen LogP contribution is 2.19. The first-order valence-electron chi connectivity index (χ1n) is 5.20. The maximum absolute atomic E-state index is 11.8. The minimum Gasteiger partial charge on any atom is -0.481 e. The Bertz CT molecular complexity index is 481. The molecule has 1 heterocycles. The van der Waals surface area contributed by atoms with Gasteiger partial charge in [0.2, 0.25) is 0 Å². The summed E-state index contributed by atoms with van der Waals surface area (Å²) in [4.78, 5) is 27.1. The Kier molecular flexibility index (Phi) is 3.23. The number of nitrogens with one attached hydrogen (secondary N) is 1. The van der Waals surface area contributed by atoms with E-state index in [1.54, 1.807) is 12.2 Å². The van der Waals surface area contributed by atoms with Gasteiger partial charge >= 0.3 is 5.97 Å². The Morgan fingerprint density at radius 2 is 2.29 bits per heavy atom. The number of carbonyl (C=O) groups excluding carboxylic acids is 1. The van der Waals surface area contributed by atoms with Gasteiger partial charge in [-0.3, -0.25) is 9.59 Å². The molecule has 2 rings (SSSR count). The molecule has 0 fully saturated rings. The predicted octanol–water partition coefficient (Wildman–Crippen LogP) is 1.21. The number of aliphatic carboxylic acids is 1. The molecule has 6 heteroatoms. The van der Waals surface area contributed by atoms with E-state index in [1.165, 1.54) is 17.5 Å². The van der Waals surface area contributed by atoms with E-state index >= 15 is 0 Å². The van der Waals surface area contributed by atoms with Gasteiger partial charge in [-0.25, -0.2) is 4.98 Å². The summed E-state index contributed by atoms with van der Waals surface area (Å²) < 4.78 is 0. The van der Waals surface area contributed by atoms with Crippen molar-refractivity contribution in [2.75, 3.05) is 0 Å². The summed E-state index contributed by atoms with van der Waals surface area (Å²) in [6, 6.07) is -0.203. The molecule has 5 nitrogen and oxygen atoms in total. The van der Waals surface area contributed by atoms with Gasteiger partial charge in [-0.2, -0.15) is 0 Å². The number of nitrogens with zero attached hydrogens (tertiary/aromatic N) is 1. The monoisotopic (exact) mass is 252 g/mol. The van der Waals surface area contributed by atoms with Crippen molar-refractivity contribution in [3.63, 3.8) is 0 Å². The topological polar surface area (TPSA) is 79.3 Å². The fourth-order valence-electron chi connectivity index (χ4n) is 1.69. The fourth-order valence-corrected chi connectivity index (χ4v) is 2.38. The van der Waals surface area contributed by atoms with Crippen LogP contribution in [0.25, 0.3) is 0 Å². The van der Waals surface area contributed by atoms with Crippen LogP contribution in [0.3, 0.4) is 0 Å². The van der Waals surface area contributed by atoms with Crippen LogP contribution >= 0.6 is 11.3 Å². The average Bonchev–Trinajstić information content (AvgIpc) is 2.86. The van der Waals surface area contributed by atoms with Crippen LogP contribution in [0, 0.1) is 12.8 Å². The van der Waals surface area contributed by atoms with Crippen LogP contribution in [0.1, 0.15) is 21.1 Å². The number of carboxylic acids is 1. The first kappa shape index (κ1) is 11.8. The van der Waals surface area contributed by atoms with Crippen LogP contribution in [0.2, 0.25) is 0 Å². The Morgan fingerprint density at radius 1 is 1.53 bits per heavy atom. The van der Waals surface area contributed by atoms with E-state index in [9.17, 15) is 9.59 Å². The molecule has 90 valence electrons. The highest BCUT2D eigenvalue weighted by atomic mass is 32.1. The van der Waals surface area contributed by atoms with Gasteiger partial charge in [-0.1, -0.05) is 12.2 Å². The molecule has 0 saturated heterocycles. The van der Waals surface area contributed by atoms with Gasteiger partial charge < -0.3 is 10.4 Å². The van der Waals surface area contributed by atoms with Crippen molar-refractivity contribution in [2.45, 2.75) is 19.4 Å². The molecule has 0 radical (unpaired) electrons. The van der Waals surface area contributed by atoms with Crippen LogP contribution in [0.5, 0.6) is 0 Å². The molecule has 0 aliphatic heterocycles. The van der Waals surface area contributed by atoms with Gasteiger partial charge in [0.05, 0.1) is 17.1 Å². The molecular formula is C11H12N2O3S. The second-order valence-corrected chi connectivity index (χ2v) is 5.12. The van der Waals surface area contributed by atoms with Crippen LogP contribution in [0.15, 0.2) is 18.3 Å². The van der Waals surface area contributed by atoms with E-state index in [0.717, 1.165) is 5.01 Å². The minimum atomic E-state index is -0.855. The van der Waals surface area contributed by atoms with E-state index in [1.807, 2.05) is 6.92 Å². The highest BCUT2D eigenvalue weighted by Gasteiger charge is 2.25. The lowest BCUT2D eigenvalue weighted by Gasteiger charge is -2.10. The van der Waals surface area contributed by atoms with Crippen LogP contribution in [0.4, 0.5) is 0 Å². The van der Waals surface area contributed by atoms with E-state index in [0.29, 0.717) is 11.3 Å². The van der Waals surface area contributed by atoms with E-state index < -0.39 is 11.9 Å². The number of hydrogen-bond donors (Lipinski definition) is 2. The number of rotatable bonds is 3. The quantitative estimate of drug-likeness (QED) is 0.792. The maximum atomic E-state index is 11.8. The number of aromatic nitrogens is 1. The Morgan fingerprint density at radius 3 is 2.82 bits per heavy atom. The second kappa shape index (κ2) is 4.67. The molecule has 0 aromatic carbocycles. The number of aryl methyl sites for hydroxylation is 1. The zero-order valence-electron chi connectivity index (χ0n) is 9.21. The van der Waals surface area contributed by atoms with Crippen molar-refractivity contribution in [3.05, 3.63) is 28.2 Å². The van der Waals surface area contributed by atoms with Crippen LogP contribution in [-0.2, 0) is 4.79 Å². The van der Waals surface area contributed by atoms with Gasteiger partial charge in [-0.15, -0.1) is 11.3 Å². The van der Waals surface area contributed by atoms with Crippen LogP contribution in [-0.4, -0.2) is 28.0 Å². The Hall–Kier alpha value is -1.69. The molecule has 2 N–H and O–H groups in total. The van der Waals surface area contributed by atoms with Gasteiger partial charge in [-0.05, 0) is 13.3 Å². The molecule has 1 aromatic rings. The number of hydrogen-bond acceptors (Lipinski definition) is 4. The summed E-state index contributed by atoms with van der Waals surface area (Å²) in [7, 11) is 0. The number of amides is 1. The summed E-state index contributed by atoms with van der Waals surface area (Å²) in [6.07, 6.45) is 5.29. The molecule has 2 unspecified atom stereocenters. The molecule has 0 spiro atoms. The van der Waals surface area contributed by atoms with Gasteiger partial charge in [0.15, 0.2) is 0 Å². The Labute approximate surface area is 102 Å². The van der Waals surface area contributed by atoms with Crippen molar-refractivity contribution in [2.24, 2.45) is 5.92 Å². The Balaban J connectivity index is 1.93. The van der Waals surface area contributed by atoms with Crippen molar-refractivity contribution in [3.8, 4) is 0 Å². The van der Waals surface area contributed by atoms with Gasteiger partial charge in [0, 0.05) is 6.04 Å². The molecular weight excluding hydrogens is 240 g/mol. The van der Waals surface area contributed by atoms with E-state index in [2.05, 4.69) is 10.3 Å². The SMILES string of the molecule is Cc1ncc(C(=O)NC2C=CC(C(=O)O)C2)s1. The molecule has 1 amide bonds. The summed E-state index contributed by atoms with van der Waals surface area (Å²) in [5.41, 5.74) is 0. The van der Waals surface area contributed by atoms with Crippen molar-refractivity contribution >= 4 is 23.2 Å². The molecule has 1 aliphatic carbocycles. The van der Waals surface area contributed by atoms with Crippen molar-refractivity contribution in [1.82, 2.24) is 10.3 Å². The summed E-state index contributed by atoms with van der Waals surface area (Å²) in [5, 5.41) is 12.4. The lowest BCUT2D eigenvalue weighted by atomic mass is 10.1.